The van der Waals surface area contributed by atoms with Crippen molar-refractivity contribution in [1.82, 2.24) is 15.0 Å². The first-order chi connectivity index (χ1) is 13.2. The lowest BCUT2D eigenvalue weighted by atomic mass is 9.91. The summed E-state index contributed by atoms with van der Waals surface area (Å²) in [5, 5.41) is 0.838. The van der Waals surface area contributed by atoms with Crippen molar-refractivity contribution in [3.63, 3.8) is 0 Å². The molecule has 1 aromatic carbocycles. The standard InChI is InChI=1S/C15H10N4O.C7H14/c16-15-11-5-9(1-2-12(11)18-8-19-15)10-6-14-13(17-7-10)3-4-20-14;1-7-5-3-2-4-6-7/h1-8H,(H2,16,18,19);7H,2-6H2,1H3. The number of hydrogen-bond donors (Lipinski definition) is 1. The minimum absolute atomic E-state index is 0.476. The number of anilines is 1. The second kappa shape index (κ2) is 7.74. The van der Waals surface area contributed by atoms with Gasteiger partial charge in [0.25, 0.3) is 0 Å². The van der Waals surface area contributed by atoms with Crippen LogP contribution in [0.3, 0.4) is 0 Å². The van der Waals surface area contributed by atoms with E-state index in [4.69, 9.17) is 10.2 Å². The highest BCUT2D eigenvalue weighted by atomic mass is 16.3. The van der Waals surface area contributed by atoms with Gasteiger partial charge in [0.1, 0.15) is 17.7 Å². The Bertz CT molecular complexity index is 1050. The molecule has 1 saturated carbocycles. The van der Waals surface area contributed by atoms with Gasteiger partial charge in [-0.2, -0.15) is 0 Å². The van der Waals surface area contributed by atoms with Crippen LogP contribution in [0.1, 0.15) is 39.0 Å². The van der Waals surface area contributed by atoms with Gasteiger partial charge in [0, 0.05) is 23.2 Å². The molecule has 0 unspecified atom stereocenters. The van der Waals surface area contributed by atoms with E-state index in [0.29, 0.717) is 5.82 Å². The van der Waals surface area contributed by atoms with Crippen LogP contribution in [0.2, 0.25) is 0 Å². The number of aromatic nitrogens is 3. The van der Waals surface area contributed by atoms with Crippen LogP contribution in [0.4, 0.5) is 5.82 Å². The maximum Gasteiger partial charge on any atom is 0.152 e. The summed E-state index contributed by atoms with van der Waals surface area (Å²) in [6.45, 7) is 2.36. The van der Waals surface area contributed by atoms with Crippen molar-refractivity contribution >= 4 is 27.8 Å². The highest BCUT2D eigenvalue weighted by molar-refractivity contribution is 5.92. The maximum atomic E-state index is 5.89. The zero-order chi connectivity index (χ0) is 18.6. The molecule has 0 amide bonds. The van der Waals surface area contributed by atoms with Crippen LogP contribution in [-0.4, -0.2) is 15.0 Å². The third-order valence-electron chi connectivity index (χ3n) is 5.20. The zero-order valence-corrected chi connectivity index (χ0v) is 15.6. The number of hydrogen-bond acceptors (Lipinski definition) is 5. The molecule has 1 fully saturated rings. The van der Waals surface area contributed by atoms with Crippen LogP contribution in [0, 0.1) is 5.92 Å². The summed E-state index contributed by atoms with van der Waals surface area (Å²) in [6.07, 6.45) is 12.4. The number of nitrogens with zero attached hydrogens (tertiary/aromatic N) is 3. The van der Waals surface area contributed by atoms with Gasteiger partial charge in [-0.3, -0.25) is 4.98 Å². The molecule has 3 aromatic heterocycles. The number of fused-ring (bicyclic) bond motifs is 2. The van der Waals surface area contributed by atoms with E-state index in [1.165, 1.54) is 38.4 Å². The number of nitrogen functional groups attached to an aromatic ring is 1. The Morgan fingerprint density at radius 3 is 2.56 bits per heavy atom. The summed E-state index contributed by atoms with van der Waals surface area (Å²) in [4.78, 5) is 12.6. The molecule has 0 aliphatic heterocycles. The van der Waals surface area contributed by atoms with Crippen molar-refractivity contribution < 1.29 is 4.42 Å². The number of pyridine rings is 1. The Balaban J connectivity index is 0.000000218. The first-order valence-electron chi connectivity index (χ1n) is 9.54. The fourth-order valence-electron chi connectivity index (χ4n) is 3.57. The molecule has 1 aliphatic carbocycles. The summed E-state index contributed by atoms with van der Waals surface area (Å²) in [5.41, 5.74) is 10.3. The predicted molar refractivity (Wildman–Crippen MR) is 109 cm³/mol. The number of furan rings is 1. The number of benzene rings is 1. The van der Waals surface area contributed by atoms with Crippen molar-refractivity contribution in [2.75, 3.05) is 5.73 Å². The summed E-state index contributed by atoms with van der Waals surface area (Å²) in [6, 6.07) is 9.68. The quantitative estimate of drug-likeness (QED) is 0.477. The molecule has 5 nitrogen and oxygen atoms in total. The molecule has 0 radical (unpaired) electrons. The van der Waals surface area contributed by atoms with Crippen molar-refractivity contribution in [3.05, 3.63) is 49.1 Å². The average molecular weight is 360 g/mol. The maximum absolute atomic E-state index is 5.89. The van der Waals surface area contributed by atoms with Gasteiger partial charge in [-0.05, 0) is 29.7 Å². The van der Waals surface area contributed by atoms with E-state index in [9.17, 15) is 0 Å². The minimum atomic E-state index is 0.476. The minimum Gasteiger partial charge on any atom is -0.463 e. The van der Waals surface area contributed by atoms with Crippen molar-refractivity contribution in [2.24, 2.45) is 5.92 Å². The summed E-state index contributed by atoms with van der Waals surface area (Å²) in [7, 11) is 0. The summed E-state index contributed by atoms with van der Waals surface area (Å²) in [5.74, 6) is 1.51. The molecule has 2 N–H and O–H groups in total. The number of nitrogens with two attached hydrogens (primary N) is 1. The molecule has 5 heteroatoms. The SMILES string of the molecule is CC1CCCCC1.Nc1ncnc2ccc(-c3cnc4ccoc4c3)cc12. The Labute approximate surface area is 158 Å². The first kappa shape index (κ1) is 17.5. The van der Waals surface area contributed by atoms with Gasteiger partial charge in [-0.15, -0.1) is 0 Å². The van der Waals surface area contributed by atoms with Crippen LogP contribution in [0.25, 0.3) is 33.1 Å². The van der Waals surface area contributed by atoms with Gasteiger partial charge in [0.2, 0.25) is 0 Å². The zero-order valence-electron chi connectivity index (χ0n) is 15.6. The second-order valence-corrected chi connectivity index (χ2v) is 7.26. The van der Waals surface area contributed by atoms with E-state index in [0.717, 1.165) is 39.0 Å². The lowest BCUT2D eigenvalue weighted by Gasteiger charge is -2.15. The van der Waals surface area contributed by atoms with Gasteiger partial charge < -0.3 is 10.2 Å². The van der Waals surface area contributed by atoms with Gasteiger partial charge in [0.05, 0.1) is 11.8 Å². The Hall–Kier alpha value is -2.95. The molecule has 27 heavy (non-hydrogen) atoms. The van der Waals surface area contributed by atoms with Crippen LogP contribution < -0.4 is 5.73 Å². The van der Waals surface area contributed by atoms with E-state index in [-0.39, 0.29) is 0 Å². The first-order valence-corrected chi connectivity index (χ1v) is 9.54. The predicted octanol–water partition coefficient (Wildman–Crippen LogP) is 5.61. The molecule has 3 heterocycles. The molecule has 4 aromatic rings. The lowest BCUT2D eigenvalue weighted by Crippen LogP contribution is -1.99. The highest BCUT2D eigenvalue weighted by Crippen LogP contribution is 2.27. The smallest absolute Gasteiger partial charge is 0.152 e. The second-order valence-electron chi connectivity index (χ2n) is 7.26. The fourth-order valence-corrected chi connectivity index (χ4v) is 3.57. The van der Waals surface area contributed by atoms with E-state index in [1.807, 2.05) is 36.5 Å². The Morgan fingerprint density at radius 2 is 1.78 bits per heavy atom. The van der Waals surface area contributed by atoms with Crippen molar-refractivity contribution in [2.45, 2.75) is 39.0 Å². The number of rotatable bonds is 1. The summed E-state index contributed by atoms with van der Waals surface area (Å²) >= 11 is 0. The van der Waals surface area contributed by atoms with Crippen LogP contribution in [-0.2, 0) is 0 Å². The van der Waals surface area contributed by atoms with Crippen molar-refractivity contribution in [3.8, 4) is 11.1 Å². The molecule has 1 aliphatic rings. The molecule has 0 atom stereocenters. The van der Waals surface area contributed by atoms with Crippen LogP contribution in [0.15, 0.2) is 53.5 Å². The molecule has 0 bridgehead atoms. The molecule has 138 valence electrons. The van der Waals surface area contributed by atoms with E-state index in [1.54, 1.807) is 6.26 Å². The molecular weight excluding hydrogens is 336 g/mol. The van der Waals surface area contributed by atoms with E-state index in [2.05, 4.69) is 21.9 Å². The van der Waals surface area contributed by atoms with Gasteiger partial charge >= 0.3 is 0 Å². The largest absolute Gasteiger partial charge is 0.463 e. The normalized spacial score (nSPS) is 14.9. The van der Waals surface area contributed by atoms with Crippen LogP contribution in [0.5, 0.6) is 0 Å². The average Bonchev–Trinajstić information content (AvgIpc) is 3.17. The third-order valence-corrected chi connectivity index (χ3v) is 5.20. The van der Waals surface area contributed by atoms with Crippen LogP contribution >= 0.6 is 0 Å². The highest BCUT2D eigenvalue weighted by Gasteiger charge is 2.07. The molecular formula is C22H24N4O. The Kier molecular flexibility index (Phi) is 5.01. The van der Waals surface area contributed by atoms with E-state index >= 15 is 0 Å². The topological polar surface area (TPSA) is 77.8 Å². The molecule has 0 spiro atoms. The van der Waals surface area contributed by atoms with Gasteiger partial charge in [-0.25, -0.2) is 9.97 Å². The molecule has 0 saturated heterocycles. The van der Waals surface area contributed by atoms with E-state index < -0.39 is 0 Å². The van der Waals surface area contributed by atoms with Crippen molar-refractivity contribution in [1.29, 1.82) is 0 Å². The van der Waals surface area contributed by atoms with Gasteiger partial charge in [-0.1, -0.05) is 45.1 Å². The lowest BCUT2D eigenvalue weighted by molar-refractivity contribution is 0.385. The molecule has 5 rings (SSSR count). The summed E-state index contributed by atoms with van der Waals surface area (Å²) < 4.78 is 5.38. The fraction of sp³-hybridized carbons (Fsp3) is 0.318. The van der Waals surface area contributed by atoms with Gasteiger partial charge in [0.15, 0.2) is 5.58 Å². The monoisotopic (exact) mass is 360 g/mol. The Morgan fingerprint density at radius 1 is 0.926 bits per heavy atom. The third kappa shape index (κ3) is 3.92.